The van der Waals surface area contributed by atoms with E-state index in [0.717, 1.165) is 18.8 Å². The van der Waals surface area contributed by atoms with Gasteiger partial charge in [-0.15, -0.1) is 0 Å². The van der Waals surface area contributed by atoms with Gasteiger partial charge in [-0.25, -0.2) is 4.98 Å². The molecule has 104 valence electrons. The van der Waals surface area contributed by atoms with Gasteiger partial charge in [0.1, 0.15) is 11.5 Å². The standard InChI is InChI=1S/C14H21N3O2/c1-10(2)15-13-6-4-5-12(16-13)14(18)17(3)11-7-8-19-9-11/h4-6,10-11H,7-9H2,1-3H3,(H,15,16). The molecule has 19 heavy (non-hydrogen) atoms. The highest BCUT2D eigenvalue weighted by Crippen LogP contribution is 2.14. The molecule has 1 aliphatic rings. The fraction of sp³-hybridized carbons (Fsp3) is 0.571. The second-order valence-corrected chi connectivity index (χ2v) is 5.14. The summed E-state index contributed by atoms with van der Waals surface area (Å²) in [6.45, 7) is 5.42. The van der Waals surface area contributed by atoms with Gasteiger partial charge < -0.3 is 15.0 Å². The summed E-state index contributed by atoms with van der Waals surface area (Å²) in [5.74, 6) is 0.680. The number of rotatable bonds is 4. The maximum Gasteiger partial charge on any atom is 0.272 e. The summed E-state index contributed by atoms with van der Waals surface area (Å²) in [7, 11) is 1.81. The van der Waals surface area contributed by atoms with Gasteiger partial charge in [0, 0.05) is 19.7 Å². The summed E-state index contributed by atoms with van der Waals surface area (Å²) in [6, 6.07) is 5.93. The van der Waals surface area contributed by atoms with E-state index in [0.29, 0.717) is 18.3 Å². The van der Waals surface area contributed by atoms with Crippen molar-refractivity contribution in [2.45, 2.75) is 32.4 Å². The number of aromatic nitrogens is 1. The quantitative estimate of drug-likeness (QED) is 0.899. The third kappa shape index (κ3) is 3.44. The third-order valence-electron chi connectivity index (χ3n) is 3.18. The maximum absolute atomic E-state index is 12.3. The van der Waals surface area contributed by atoms with Crippen molar-refractivity contribution < 1.29 is 9.53 Å². The molecule has 0 aliphatic carbocycles. The number of amides is 1. The first-order valence-electron chi connectivity index (χ1n) is 6.66. The van der Waals surface area contributed by atoms with Crippen LogP contribution in [0.15, 0.2) is 18.2 Å². The van der Waals surface area contributed by atoms with Gasteiger partial charge in [-0.1, -0.05) is 6.07 Å². The molecule has 1 fully saturated rings. The van der Waals surface area contributed by atoms with Crippen molar-refractivity contribution >= 4 is 11.7 Å². The molecule has 0 radical (unpaired) electrons. The summed E-state index contributed by atoms with van der Waals surface area (Å²) >= 11 is 0. The molecule has 0 saturated carbocycles. The van der Waals surface area contributed by atoms with Gasteiger partial charge in [-0.2, -0.15) is 0 Å². The Bertz CT molecular complexity index is 442. The lowest BCUT2D eigenvalue weighted by Gasteiger charge is -2.23. The molecule has 5 heteroatoms. The van der Waals surface area contributed by atoms with Crippen LogP contribution in [-0.4, -0.2) is 48.1 Å². The lowest BCUT2D eigenvalue weighted by atomic mass is 10.2. The normalized spacial score (nSPS) is 18.6. The van der Waals surface area contributed by atoms with E-state index in [1.165, 1.54) is 0 Å². The monoisotopic (exact) mass is 263 g/mol. The number of hydrogen-bond acceptors (Lipinski definition) is 4. The number of pyridine rings is 1. The Morgan fingerprint density at radius 2 is 2.32 bits per heavy atom. The van der Waals surface area contributed by atoms with Crippen molar-refractivity contribution in [1.82, 2.24) is 9.88 Å². The highest BCUT2D eigenvalue weighted by Gasteiger charge is 2.25. The van der Waals surface area contributed by atoms with E-state index in [9.17, 15) is 4.79 Å². The van der Waals surface area contributed by atoms with Crippen molar-refractivity contribution in [3.63, 3.8) is 0 Å². The van der Waals surface area contributed by atoms with Crippen LogP contribution in [0.1, 0.15) is 30.8 Å². The Kier molecular flexibility index (Phi) is 4.37. The fourth-order valence-electron chi connectivity index (χ4n) is 2.10. The van der Waals surface area contributed by atoms with Crippen LogP contribution < -0.4 is 5.32 Å². The minimum atomic E-state index is -0.0529. The molecule has 1 aliphatic heterocycles. The van der Waals surface area contributed by atoms with Gasteiger partial charge >= 0.3 is 0 Å². The molecule has 1 N–H and O–H groups in total. The first-order chi connectivity index (χ1) is 9.08. The van der Waals surface area contributed by atoms with Gasteiger partial charge in [0.15, 0.2) is 0 Å². The Hall–Kier alpha value is -1.62. The second kappa shape index (κ2) is 6.02. The van der Waals surface area contributed by atoms with Crippen LogP contribution in [0, 0.1) is 0 Å². The molecular formula is C14H21N3O2. The molecule has 1 atom stereocenters. The number of likely N-dealkylation sites (N-methyl/N-ethyl adjacent to an activating group) is 1. The average Bonchev–Trinajstić information content (AvgIpc) is 2.90. The fourth-order valence-corrected chi connectivity index (χ4v) is 2.10. The van der Waals surface area contributed by atoms with E-state index >= 15 is 0 Å². The van der Waals surface area contributed by atoms with Gasteiger partial charge in [0.05, 0.1) is 12.6 Å². The minimum Gasteiger partial charge on any atom is -0.379 e. The van der Waals surface area contributed by atoms with Crippen LogP contribution >= 0.6 is 0 Å². The number of nitrogens with one attached hydrogen (secondary N) is 1. The van der Waals surface area contributed by atoms with Crippen molar-refractivity contribution in [1.29, 1.82) is 0 Å². The lowest BCUT2D eigenvalue weighted by Crippen LogP contribution is -2.37. The molecule has 5 nitrogen and oxygen atoms in total. The number of carbonyl (C=O) groups excluding carboxylic acids is 1. The highest BCUT2D eigenvalue weighted by molar-refractivity contribution is 5.92. The summed E-state index contributed by atoms with van der Waals surface area (Å²) in [5, 5.41) is 3.20. The molecular weight excluding hydrogens is 242 g/mol. The van der Waals surface area contributed by atoms with E-state index in [4.69, 9.17) is 4.74 Å². The molecule has 1 unspecified atom stereocenters. The van der Waals surface area contributed by atoms with Crippen molar-refractivity contribution in [2.75, 3.05) is 25.6 Å². The average molecular weight is 263 g/mol. The molecule has 0 aromatic carbocycles. The number of nitrogens with zero attached hydrogens (tertiary/aromatic N) is 2. The molecule has 2 heterocycles. The number of hydrogen-bond donors (Lipinski definition) is 1. The molecule has 1 amide bonds. The Morgan fingerprint density at radius 3 is 2.95 bits per heavy atom. The third-order valence-corrected chi connectivity index (χ3v) is 3.18. The number of carbonyl (C=O) groups is 1. The highest BCUT2D eigenvalue weighted by atomic mass is 16.5. The first-order valence-corrected chi connectivity index (χ1v) is 6.66. The maximum atomic E-state index is 12.3. The number of ether oxygens (including phenoxy) is 1. The van der Waals surface area contributed by atoms with Crippen LogP contribution in [0.25, 0.3) is 0 Å². The zero-order valence-electron chi connectivity index (χ0n) is 11.7. The van der Waals surface area contributed by atoms with E-state index in [1.807, 2.05) is 33.0 Å². The minimum absolute atomic E-state index is 0.0529. The Morgan fingerprint density at radius 1 is 1.53 bits per heavy atom. The number of anilines is 1. The predicted molar refractivity (Wildman–Crippen MR) is 74.3 cm³/mol. The summed E-state index contributed by atoms with van der Waals surface area (Å²) < 4.78 is 5.31. The molecule has 0 bridgehead atoms. The zero-order valence-corrected chi connectivity index (χ0v) is 11.7. The van der Waals surface area contributed by atoms with Crippen LogP contribution in [0.3, 0.4) is 0 Å². The van der Waals surface area contributed by atoms with Gasteiger partial charge in [0.25, 0.3) is 5.91 Å². The summed E-state index contributed by atoms with van der Waals surface area (Å²) in [6.07, 6.45) is 0.895. The van der Waals surface area contributed by atoms with E-state index in [1.54, 1.807) is 11.0 Å². The SMILES string of the molecule is CC(C)Nc1cccc(C(=O)N(C)C2CCOC2)n1. The van der Waals surface area contributed by atoms with Crippen molar-refractivity contribution in [2.24, 2.45) is 0 Å². The van der Waals surface area contributed by atoms with Crippen LogP contribution in [0.4, 0.5) is 5.82 Å². The van der Waals surface area contributed by atoms with E-state index in [2.05, 4.69) is 10.3 Å². The topological polar surface area (TPSA) is 54.5 Å². The van der Waals surface area contributed by atoms with E-state index in [-0.39, 0.29) is 11.9 Å². The molecule has 2 rings (SSSR count). The Labute approximate surface area is 114 Å². The van der Waals surface area contributed by atoms with Gasteiger partial charge in [-0.05, 0) is 32.4 Å². The van der Waals surface area contributed by atoms with Crippen LogP contribution in [-0.2, 0) is 4.74 Å². The van der Waals surface area contributed by atoms with Crippen LogP contribution in [0.5, 0.6) is 0 Å². The van der Waals surface area contributed by atoms with Crippen molar-refractivity contribution in [3.8, 4) is 0 Å². The van der Waals surface area contributed by atoms with Crippen molar-refractivity contribution in [3.05, 3.63) is 23.9 Å². The molecule has 1 aromatic rings. The largest absolute Gasteiger partial charge is 0.379 e. The molecule has 1 saturated heterocycles. The summed E-state index contributed by atoms with van der Waals surface area (Å²) in [5.41, 5.74) is 0.472. The van der Waals surface area contributed by atoms with Gasteiger partial charge in [-0.3, -0.25) is 4.79 Å². The van der Waals surface area contributed by atoms with Crippen LogP contribution in [0.2, 0.25) is 0 Å². The van der Waals surface area contributed by atoms with E-state index < -0.39 is 0 Å². The molecule has 1 aromatic heterocycles. The predicted octanol–water partition coefficient (Wildman–Crippen LogP) is 1.76. The smallest absolute Gasteiger partial charge is 0.272 e. The Balaban J connectivity index is 2.09. The summed E-state index contributed by atoms with van der Waals surface area (Å²) in [4.78, 5) is 18.4. The second-order valence-electron chi connectivity index (χ2n) is 5.14. The van der Waals surface area contributed by atoms with Gasteiger partial charge in [0.2, 0.25) is 0 Å². The molecule has 0 spiro atoms. The zero-order chi connectivity index (χ0) is 13.8. The first kappa shape index (κ1) is 13.8. The lowest BCUT2D eigenvalue weighted by molar-refractivity contribution is 0.0705.